The van der Waals surface area contributed by atoms with Crippen LogP contribution < -0.4 is 10.6 Å². The van der Waals surface area contributed by atoms with E-state index < -0.39 is 23.9 Å². The van der Waals surface area contributed by atoms with Gasteiger partial charge < -0.3 is 25.6 Å². The Bertz CT molecular complexity index is 1120. The summed E-state index contributed by atoms with van der Waals surface area (Å²) in [5, 5.41) is 23.7. The summed E-state index contributed by atoms with van der Waals surface area (Å²) >= 11 is 3.30. The van der Waals surface area contributed by atoms with Gasteiger partial charge in [-0.15, -0.1) is 0 Å². The van der Waals surface area contributed by atoms with Crippen LogP contribution in [0.5, 0.6) is 0 Å². The summed E-state index contributed by atoms with van der Waals surface area (Å²) in [7, 11) is 0. The predicted octanol–water partition coefficient (Wildman–Crippen LogP) is 6.24. The van der Waals surface area contributed by atoms with Crippen molar-refractivity contribution in [1.29, 1.82) is 0 Å². The molecule has 0 bridgehead atoms. The molecule has 4 N–H and O–H groups in total. The fourth-order valence-electron chi connectivity index (χ4n) is 4.75. The fraction of sp³-hybridized carbons (Fsp3) is 0.667. The molecular formula is C33H50BrN3O9. The van der Waals surface area contributed by atoms with E-state index in [0.29, 0.717) is 82.7 Å². The number of ether oxygens (including phenoxy) is 1. The average Bonchev–Trinajstić information content (AvgIpc) is 3.00. The Kier molecular flexibility index (Phi) is 22.0. The zero-order valence-electron chi connectivity index (χ0n) is 26.9. The number of hydrogen-bond acceptors (Lipinski definition) is 8. The number of alkyl carbamates (subject to hydrolysis) is 1. The Morgan fingerprint density at radius 3 is 2.20 bits per heavy atom. The van der Waals surface area contributed by atoms with Crippen LogP contribution in [0.1, 0.15) is 126 Å². The summed E-state index contributed by atoms with van der Waals surface area (Å²) in [6, 6.07) is 1.45. The molecule has 0 fully saturated rings. The number of carbonyl (C=O) groups is 6. The van der Waals surface area contributed by atoms with E-state index >= 15 is 0 Å². The second-order valence-electron chi connectivity index (χ2n) is 11.6. The van der Waals surface area contributed by atoms with Gasteiger partial charge in [-0.3, -0.25) is 29.0 Å². The van der Waals surface area contributed by atoms with Gasteiger partial charge in [0, 0.05) is 67.1 Å². The van der Waals surface area contributed by atoms with Crippen molar-refractivity contribution >= 4 is 51.4 Å². The van der Waals surface area contributed by atoms with Crippen LogP contribution in [0.4, 0.5) is 4.79 Å². The first kappa shape index (κ1) is 40.7. The van der Waals surface area contributed by atoms with Crippen molar-refractivity contribution in [2.75, 3.05) is 13.2 Å². The first-order valence-corrected chi connectivity index (χ1v) is 17.1. The molecule has 0 aliphatic rings. The van der Waals surface area contributed by atoms with Gasteiger partial charge >= 0.3 is 18.0 Å². The normalized spacial score (nSPS) is 12.1. The highest BCUT2D eigenvalue weighted by atomic mass is 76.9. The van der Waals surface area contributed by atoms with Crippen molar-refractivity contribution in [2.45, 2.75) is 122 Å². The summed E-state index contributed by atoms with van der Waals surface area (Å²) in [5.74, 6) is -2.67. The molecular weight excluding hydrogens is 659 g/mol. The second kappa shape index (κ2) is 24.8. The Morgan fingerprint density at radius 1 is 0.826 bits per heavy atom. The van der Waals surface area contributed by atoms with Crippen LogP contribution >= 0.6 is 15.9 Å². The predicted molar refractivity (Wildman–Crippen MR) is 175 cm³/mol. The van der Waals surface area contributed by atoms with Crippen molar-refractivity contribution in [3.63, 3.8) is 0 Å². The number of pyridine rings is 1. The van der Waals surface area contributed by atoms with Crippen molar-refractivity contribution < 1.29 is 43.7 Å². The second-order valence-corrected chi connectivity index (χ2v) is 12.5. The molecule has 258 valence electrons. The summed E-state index contributed by atoms with van der Waals surface area (Å²) in [4.78, 5) is 74.5. The zero-order valence-corrected chi connectivity index (χ0v) is 28.5. The number of unbranched alkanes of at least 4 members (excludes halogenated alkanes) is 7. The van der Waals surface area contributed by atoms with Crippen molar-refractivity contribution in [2.24, 2.45) is 5.92 Å². The summed E-state index contributed by atoms with van der Waals surface area (Å²) in [6.45, 7) is 2.51. The molecule has 2 atom stereocenters. The third-order valence-electron chi connectivity index (χ3n) is 7.45. The maximum absolute atomic E-state index is 12.4. The number of ketones is 2. The number of rotatable bonds is 27. The molecule has 0 aromatic carbocycles. The van der Waals surface area contributed by atoms with Gasteiger partial charge in [0.1, 0.15) is 5.78 Å². The molecule has 12 nitrogen and oxygen atoms in total. The van der Waals surface area contributed by atoms with Crippen LogP contribution in [0.25, 0.3) is 0 Å². The molecule has 1 heterocycles. The number of nitrogens with one attached hydrogen (secondary N) is 2. The van der Waals surface area contributed by atoms with Gasteiger partial charge in [-0.05, 0) is 80.3 Å². The fourth-order valence-corrected chi connectivity index (χ4v) is 5.12. The van der Waals surface area contributed by atoms with E-state index in [0.717, 1.165) is 30.2 Å². The average molecular weight is 710 g/mol. The van der Waals surface area contributed by atoms with Crippen LogP contribution in [0.3, 0.4) is 0 Å². The number of hydrogen-bond donors (Lipinski definition) is 4. The maximum Gasteiger partial charge on any atom is 0.407 e. The van der Waals surface area contributed by atoms with E-state index in [1.54, 1.807) is 19.2 Å². The monoisotopic (exact) mass is 709 g/mol. The summed E-state index contributed by atoms with van der Waals surface area (Å²) in [5.41, 5.74) is 0.548. The largest absolute Gasteiger partial charge is 0.481 e. The Balaban J connectivity index is 2.02. The van der Waals surface area contributed by atoms with Crippen molar-refractivity contribution in [1.82, 2.24) is 15.6 Å². The standard InChI is InChI=1S/C33H50BrN3O9/c1-24(16-17-31(41)42)37-33(45)46-19-11-5-10-18-36-30(40)15-9-3-2-7-13-28(38)21-25(32(43)44)12-6-4-8-14-29(39)26-20-27(34)23-35-22-26/h20,22-25H,2-19,21H2,1H3,(H,36,40)(H,37,45)(H,41,42)(H,43,44)/t24-,25?/m1/s1/i34-3. The Labute approximate surface area is 280 Å². The molecule has 0 saturated carbocycles. The molecule has 1 unspecified atom stereocenters. The number of aliphatic carboxylic acids is 2. The lowest BCUT2D eigenvalue weighted by Gasteiger charge is -2.12. The van der Waals surface area contributed by atoms with E-state index in [-0.39, 0.29) is 43.0 Å². The molecule has 1 rings (SSSR count). The third-order valence-corrected chi connectivity index (χ3v) is 7.88. The molecule has 0 aliphatic carbocycles. The molecule has 1 aromatic heterocycles. The van der Waals surface area contributed by atoms with Crippen LogP contribution in [-0.4, -0.2) is 69.9 Å². The van der Waals surface area contributed by atoms with E-state index in [1.807, 2.05) is 0 Å². The lowest BCUT2D eigenvalue weighted by molar-refractivity contribution is -0.144. The van der Waals surface area contributed by atoms with E-state index in [4.69, 9.17) is 9.84 Å². The SMILES string of the molecule is C[C@H](CCC(=O)O)NC(=O)OCCCCCNC(=O)CCCCCCC(=O)CC(CCCCCC(=O)c1cncc([77Br])c1)C(=O)O. The van der Waals surface area contributed by atoms with Gasteiger partial charge in [-0.1, -0.05) is 25.7 Å². The topological polar surface area (TPSA) is 189 Å². The van der Waals surface area contributed by atoms with Gasteiger partial charge in [0.2, 0.25) is 5.91 Å². The lowest BCUT2D eigenvalue weighted by atomic mass is 9.93. The van der Waals surface area contributed by atoms with Gasteiger partial charge in [0.25, 0.3) is 0 Å². The minimum atomic E-state index is -0.965. The van der Waals surface area contributed by atoms with E-state index in [2.05, 4.69) is 31.5 Å². The highest BCUT2D eigenvalue weighted by Crippen LogP contribution is 2.19. The molecule has 1 aromatic rings. The van der Waals surface area contributed by atoms with Crippen LogP contribution in [0, 0.1) is 5.92 Å². The lowest BCUT2D eigenvalue weighted by Crippen LogP contribution is -2.33. The number of aromatic nitrogens is 1. The van der Waals surface area contributed by atoms with Crippen molar-refractivity contribution in [3.05, 3.63) is 28.5 Å². The number of carboxylic acids is 2. The Morgan fingerprint density at radius 2 is 1.50 bits per heavy atom. The first-order valence-electron chi connectivity index (χ1n) is 16.3. The minimum Gasteiger partial charge on any atom is -0.481 e. The van der Waals surface area contributed by atoms with Gasteiger partial charge in [0.05, 0.1) is 12.5 Å². The van der Waals surface area contributed by atoms with Crippen molar-refractivity contribution in [3.8, 4) is 0 Å². The minimum absolute atomic E-state index is 0.00185. The molecule has 46 heavy (non-hydrogen) atoms. The molecule has 0 radical (unpaired) electrons. The van der Waals surface area contributed by atoms with Crippen LogP contribution in [0.2, 0.25) is 0 Å². The molecule has 0 saturated heterocycles. The number of nitrogens with zero attached hydrogens (tertiary/aromatic N) is 1. The highest BCUT2D eigenvalue weighted by molar-refractivity contribution is 9.10. The molecule has 2 amide bonds. The quantitative estimate of drug-likeness (QED) is 0.0601. The smallest absolute Gasteiger partial charge is 0.407 e. The molecule has 0 aliphatic heterocycles. The number of carboxylic acid groups (broad SMARTS) is 2. The van der Waals surface area contributed by atoms with E-state index in [1.165, 1.54) is 6.20 Å². The number of halogens is 1. The summed E-state index contributed by atoms with van der Waals surface area (Å²) in [6.07, 6.45) is 11.6. The number of Topliss-reactive ketones (excluding diaryl/α,β-unsaturated/α-hetero) is 2. The maximum atomic E-state index is 12.4. The van der Waals surface area contributed by atoms with Gasteiger partial charge in [0.15, 0.2) is 5.78 Å². The first-order chi connectivity index (χ1) is 22.0. The number of amides is 2. The van der Waals surface area contributed by atoms with Gasteiger partial charge in [-0.25, -0.2) is 4.79 Å². The number of carbonyl (C=O) groups excluding carboxylic acids is 4. The summed E-state index contributed by atoms with van der Waals surface area (Å²) < 4.78 is 5.82. The zero-order chi connectivity index (χ0) is 34.2. The van der Waals surface area contributed by atoms with E-state index in [9.17, 15) is 33.9 Å². The third kappa shape index (κ3) is 21.4. The molecule has 0 spiro atoms. The van der Waals surface area contributed by atoms with Crippen LogP contribution in [0.15, 0.2) is 22.9 Å². The highest BCUT2D eigenvalue weighted by Gasteiger charge is 2.20. The Hall–Kier alpha value is -3.35. The molecule has 13 heteroatoms. The van der Waals surface area contributed by atoms with Gasteiger partial charge in [-0.2, -0.15) is 0 Å². The van der Waals surface area contributed by atoms with Crippen LogP contribution in [-0.2, 0) is 23.9 Å².